The van der Waals surface area contributed by atoms with Crippen LogP contribution >= 0.6 is 0 Å². The zero-order chi connectivity index (χ0) is 21.8. The molecule has 31 heavy (non-hydrogen) atoms. The minimum absolute atomic E-state index is 0.103. The summed E-state index contributed by atoms with van der Waals surface area (Å²) in [6.45, 7) is 2.62. The van der Waals surface area contributed by atoms with Gasteiger partial charge in [-0.1, -0.05) is 54.6 Å². The fourth-order valence-corrected chi connectivity index (χ4v) is 3.87. The molecule has 1 heterocycles. The molecular formula is C25H23F3N2O. The molecule has 0 aliphatic carbocycles. The monoisotopic (exact) mass is 424 g/mol. The van der Waals surface area contributed by atoms with Crippen LogP contribution in [0.5, 0.6) is 0 Å². The average Bonchev–Trinajstić information content (AvgIpc) is 3.20. The molecule has 0 bridgehead atoms. The molecule has 1 N–H and O–H groups in total. The Morgan fingerprint density at radius 1 is 0.903 bits per heavy atom. The molecule has 1 amide bonds. The van der Waals surface area contributed by atoms with Crippen LogP contribution in [0.1, 0.15) is 27.9 Å². The van der Waals surface area contributed by atoms with Gasteiger partial charge in [0.25, 0.3) is 5.91 Å². The molecule has 0 unspecified atom stereocenters. The Bertz CT molecular complexity index is 1020. The lowest BCUT2D eigenvalue weighted by Crippen LogP contribution is -2.36. The molecule has 1 atom stereocenters. The molecule has 0 radical (unpaired) electrons. The first kappa shape index (κ1) is 21.1. The summed E-state index contributed by atoms with van der Waals surface area (Å²) >= 11 is 0. The van der Waals surface area contributed by atoms with Crippen LogP contribution in [0.15, 0.2) is 78.9 Å². The van der Waals surface area contributed by atoms with E-state index < -0.39 is 11.7 Å². The first-order valence-corrected chi connectivity index (χ1v) is 10.2. The minimum Gasteiger partial charge on any atom is -0.348 e. The summed E-state index contributed by atoms with van der Waals surface area (Å²) in [6, 6.07) is 22.3. The molecule has 160 valence electrons. The Morgan fingerprint density at radius 2 is 1.52 bits per heavy atom. The second kappa shape index (κ2) is 8.94. The normalized spacial score (nSPS) is 16.9. The van der Waals surface area contributed by atoms with E-state index in [4.69, 9.17) is 0 Å². The molecular weight excluding hydrogens is 401 g/mol. The average molecular weight is 424 g/mol. The Kier molecular flexibility index (Phi) is 6.09. The van der Waals surface area contributed by atoms with Crippen molar-refractivity contribution in [2.24, 2.45) is 0 Å². The number of hydrogen-bond acceptors (Lipinski definition) is 2. The van der Waals surface area contributed by atoms with Gasteiger partial charge >= 0.3 is 6.18 Å². The van der Waals surface area contributed by atoms with Crippen molar-refractivity contribution in [2.75, 3.05) is 13.1 Å². The van der Waals surface area contributed by atoms with Gasteiger partial charge in [-0.25, -0.2) is 0 Å². The van der Waals surface area contributed by atoms with Crippen molar-refractivity contribution in [3.05, 3.63) is 95.6 Å². The third-order valence-corrected chi connectivity index (χ3v) is 5.55. The van der Waals surface area contributed by atoms with E-state index in [0.717, 1.165) is 43.8 Å². The van der Waals surface area contributed by atoms with Crippen LogP contribution in [0.25, 0.3) is 11.1 Å². The van der Waals surface area contributed by atoms with E-state index in [1.165, 1.54) is 17.7 Å². The number of likely N-dealkylation sites (tertiary alicyclic amines) is 1. The van der Waals surface area contributed by atoms with Crippen molar-refractivity contribution in [3.8, 4) is 11.1 Å². The van der Waals surface area contributed by atoms with Crippen molar-refractivity contribution < 1.29 is 18.0 Å². The molecule has 1 aliphatic rings. The number of nitrogens with one attached hydrogen (secondary N) is 1. The Morgan fingerprint density at radius 3 is 2.13 bits per heavy atom. The maximum atomic E-state index is 12.7. The van der Waals surface area contributed by atoms with E-state index in [2.05, 4.69) is 22.3 Å². The Hall–Kier alpha value is -3.12. The number of nitrogens with zero attached hydrogens (tertiary/aromatic N) is 1. The predicted octanol–water partition coefficient (Wildman–Crippen LogP) is 5.38. The van der Waals surface area contributed by atoms with Crippen molar-refractivity contribution >= 4 is 5.91 Å². The zero-order valence-corrected chi connectivity index (χ0v) is 16.9. The number of amides is 1. The number of carbonyl (C=O) groups excluding carboxylic acids is 1. The van der Waals surface area contributed by atoms with E-state index in [1.807, 2.05) is 18.2 Å². The first-order valence-electron chi connectivity index (χ1n) is 10.2. The first-order chi connectivity index (χ1) is 14.9. The standard InChI is InChI=1S/C25H23F3N2O/c26-25(27,28)22-12-10-20(11-13-22)19-6-8-21(9-7-19)24(31)29-23-14-15-30(17-23)16-18-4-2-1-3-5-18/h1-13,23H,14-17H2,(H,29,31)/t23-/m1/s1. The summed E-state index contributed by atoms with van der Waals surface area (Å²) in [5.41, 5.74) is 2.56. The van der Waals surface area contributed by atoms with Gasteiger partial charge in [0.15, 0.2) is 0 Å². The van der Waals surface area contributed by atoms with Crippen LogP contribution in [-0.4, -0.2) is 29.9 Å². The highest BCUT2D eigenvalue weighted by atomic mass is 19.4. The molecule has 1 saturated heterocycles. The predicted molar refractivity (Wildman–Crippen MR) is 114 cm³/mol. The maximum absolute atomic E-state index is 12.7. The lowest BCUT2D eigenvalue weighted by molar-refractivity contribution is -0.137. The van der Waals surface area contributed by atoms with Gasteiger partial charge < -0.3 is 5.32 Å². The molecule has 0 spiro atoms. The third kappa shape index (κ3) is 5.33. The van der Waals surface area contributed by atoms with Crippen LogP contribution < -0.4 is 5.32 Å². The lowest BCUT2D eigenvalue weighted by atomic mass is 10.0. The summed E-state index contributed by atoms with van der Waals surface area (Å²) < 4.78 is 38.2. The number of halogens is 3. The fraction of sp³-hybridized carbons (Fsp3) is 0.240. The topological polar surface area (TPSA) is 32.3 Å². The summed E-state index contributed by atoms with van der Waals surface area (Å²) in [4.78, 5) is 14.9. The summed E-state index contributed by atoms with van der Waals surface area (Å²) in [6.07, 6.45) is -3.44. The second-order valence-corrected chi connectivity index (χ2v) is 7.83. The van der Waals surface area contributed by atoms with Crippen molar-refractivity contribution in [3.63, 3.8) is 0 Å². The van der Waals surface area contributed by atoms with Gasteiger partial charge in [0.2, 0.25) is 0 Å². The summed E-state index contributed by atoms with van der Waals surface area (Å²) in [5, 5.41) is 3.09. The molecule has 6 heteroatoms. The summed E-state index contributed by atoms with van der Waals surface area (Å²) in [5.74, 6) is -0.134. The van der Waals surface area contributed by atoms with Gasteiger partial charge in [-0.2, -0.15) is 13.2 Å². The van der Waals surface area contributed by atoms with Crippen LogP contribution in [-0.2, 0) is 12.7 Å². The molecule has 0 saturated carbocycles. The van der Waals surface area contributed by atoms with E-state index >= 15 is 0 Å². The Labute approximate surface area is 179 Å². The number of rotatable bonds is 5. The zero-order valence-electron chi connectivity index (χ0n) is 16.9. The van der Waals surface area contributed by atoms with E-state index in [0.29, 0.717) is 11.1 Å². The van der Waals surface area contributed by atoms with E-state index in [1.54, 1.807) is 24.3 Å². The molecule has 3 nitrogen and oxygen atoms in total. The van der Waals surface area contributed by atoms with Gasteiger partial charge in [-0.3, -0.25) is 9.69 Å². The third-order valence-electron chi connectivity index (χ3n) is 5.55. The highest BCUT2D eigenvalue weighted by Gasteiger charge is 2.30. The number of alkyl halides is 3. The lowest BCUT2D eigenvalue weighted by Gasteiger charge is -2.17. The van der Waals surface area contributed by atoms with Gasteiger partial charge in [0.1, 0.15) is 0 Å². The molecule has 4 rings (SSSR count). The van der Waals surface area contributed by atoms with Crippen LogP contribution in [0.3, 0.4) is 0 Å². The van der Waals surface area contributed by atoms with Crippen molar-refractivity contribution in [1.29, 1.82) is 0 Å². The number of benzene rings is 3. The summed E-state index contributed by atoms with van der Waals surface area (Å²) in [7, 11) is 0. The second-order valence-electron chi connectivity index (χ2n) is 7.83. The highest BCUT2D eigenvalue weighted by molar-refractivity contribution is 5.94. The molecule has 3 aromatic carbocycles. The Balaban J connectivity index is 1.33. The van der Waals surface area contributed by atoms with Gasteiger partial charge in [0, 0.05) is 31.2 Å². The van der Waals surface area contributed by atoms with Gasteiger partial charge in [-0.15, -0.1) is 0 Å². The number of hydrogen-bond donors (Lipinski definition) is 1. The van der Waals surface area contributed by atoms with E-state index in [-0.39, 0.29) is 11.9 Å². The molecule has 3 aromatic rings. The van der Waals surface area contributed by atoms with E-state index in [9.17, 15) is 18.0 Å². The van der Waals surface area contributed by atoms with Crippen molar-refractivity contribution in [1.82, 2.24) is 10.2 Å². The highest BCUT2D eigenvalue weighted by Crippen LogP contribution is 2.31. The van der Waals surface area contributed by atoms with Crippen LogP contribution in [0.4, 0.5) is 13.2 Å². The quantitative estimate of drug-likeness (QED) is 0.597. The molecule has 1 aliphatic heterocycles. The van der Waals surface area contributed by atoms with Crippen LogP contribution in [0, 0.1) is 0 Å². The van der Waals surface area contributed by atoms with Gasteiger partial charge in [0.05, 0.1) is 5.56 Å². The number of carbonyl (C=O) groups is 1. The maximum Gasteiger partial charge on any atom is 0.416 e. The van der Waals surface area contributed by atoms with Crippen molar-refractivity contribution in [2.45, 2.75) is 25.2 Å². The molecule has 0 aromatic heterocycles. The van der Waals surface area contributed by atoms with Gasteiger partial charge in [-0.05, 0) is 47.4 Å². The molecule has 1 fully saturated rings. The largest absolute Gasteiger partial charge is 0.416 e. The van der Waals surface area contributed by atoms with Crippen LogP contribution in [0.2, 0.25) is 0 Å². The SMILES string of the molecule is O=C(N[C@@H]1CCN(Cc2ccccc2)C1)c1ccc(-c2ccc(C(F)(F)F)cc2)cc1. The minimum atomic E-state index is -4.35. The fourth-order valence-electron chi connectivity index (χ4n) is 3.87. The smallest absolute Gasteiger partial charge is 0.348 e.